The number of imidazole rings is 1. The van der Waals surface area contributed by atoms with Crippen LogP contribution in [0.25, 0.3) is 5.69 Å². The van der Waals surface area contributed by atoms with E-state index in [1.165, 1.54) is 23.2 Å². The second-order valence-corrected chi connectivity index (χ2v) is 4.03. The molecule has 1 aromatic carbocycles. The maximum absolute atomic E-state index is 11.0. The van der Waals surface area contributed by atoms with Gasteiger partial charge in [-0.2, -0.15) is 0 Å². The number of nitrogens with zero attached hydrogens (tertiary/aromatic N) is 4. The molecule has 0 radical (unpaired) electrons. The standard InChI is InChI=1S/C11H8N4O6/c16-11(17)3-7-5-13(6-12-7)9-2-1-8(14(18)19)4-10(9)15(20)21/h1-2,4-6H,3H2,(H,16,17). The molecule has 2 aromatic rings. The first-order valence-corrected chi connectivity index (χ1v) is 5.56. The van der Waals surface area contributed by atoms with E-state index in [1.54, 1.807) is 0 Å². The molecule has 0 atom stereocenters. The quantitative estimate of drug-likeness (QED) is 0.646. The normalized spacial score (nSPS) is 10.3. The van der Waals surface area contributed by atoms with Gasteiger partial charge in [0.1, 0.15) is 5.69 Å². The predicted octanol–water partition coefficient (Wildman–Crippen LogP) is 1.32. The van der Waals surface area contributed by atoms with Gasteiger partial charge >= 0.3 is 5.97 Å². The lowest BCUT2D eigenvalue weighted by atomic mass is 10.2. The summed E-state index contributed by atoms with van der Waals surface area (Å²) in [7, 11) is 0. The molecular formula is C11H8N4O6. The molecule has 0 aliphatic rings. The average Bonchev–Trinajstić information content (AvgIpc) is 2.85. The lowest BCUT2D eigenvalue weighted by Gasteiger charge is -2.03. The van der Waals surface area contributed by atoms with Gasteiger partial charge in [-0.3, -0.25) is 29.6 Å². The monoisotopic (exact) mass is 292 g/mol. The van der Waals surface area contributed by atoms with Crippen LogP contribution in [-0.4, -0.2) is 30.5 Å². The van der Waals surface area contributed by atoms with Crippen LogP contribution in [0.2, 0.25) is 0 Å². The molecule has 21 heavy (non-hydrogen) atoms. The zero-order chi connectivity index (χ0) is 15.6. The molecular weight excluding hydrogens is 284 g/mol. The van der Waals surface area contributed by atoms with Gasteiger partial charge in [0.25, 0.3) is 11.4 Å². The van der Waals surface area contributed by atoms with Gasteiger partial charge in [0.05, 0.1) is 34.4 Å². The fourth-order valence-corrected chi connectivity index (χ4v) is 1.73. The molecule has 0 unspecified atom stereocenters. The van der Waals surface area contributed by atoms with Crippen molar-refractivity contribution < 1.29 is 19.7 Å². The van der Waals surface area contributed by atoms with E-state index >= 15 is 0 Å². The summed E-state index contributed by atoms with van der Waals surface area (Å²) >= 11 is 0. The minimum atomic E-state index is -1.08. The third kappa shape index (κ3) is 3.00. The Hall–Kier alpha value is -3.30. The van der Waals surface area contributed by atoms with Crippen molar-refractivity contribution in [3.05, 3.63) is 56.6 Å². The van der Waals surface area contributed by atoms with E-state index in [1.807, 2.05) is 0 Å². The fraction of sp³-hybridized carbons (Fsp3) is 0.0909. The number of carboxylic acid groups (broad SMARTS) is 1. The van der Waals surface area contributed by atoms with E-state index in [4.69, 9.17) is 5.11 Å². The molecule has 10 nitrogen and oxygen atoms in total. The minimum absolute atomic E-state index is 0.0646. The third-order valence-corrected chi connectivity index (χ3v) is 2.61. The highest BCUT2D eigenvalue weighted by Crippen LogP contribution is 2.27. The van der Waals surface area contributed by atoms with Crippen LogP contribution in [0.1, 0.15) is 5.69 Å². The number of non-ortho nitro benzene ring substituents is 1. The largest absolute Gasteiger partial charge is 0.481 e. The van der Waals surface area contributed by atoms with E-state index < -0.39 is 27.2 Å². The summed E-state index contributed by atoms with van der Waals surface area (Å²) in [6.45, 7) is 0. The smallest absolute Gasteiger partial charge is 0.309 e. The van der Waals surface area contributed by atoms with Crippen molar-refractivity contribution in [3.63, 3.8) is 0 Å². The first-order chi connectivity index (χ1) is 9.88. The SMILES string of the molecule is O=C(O)Cc1cn(-c2ccc([N+](=O)[O-])cc2[N+](=O)[O-])cn1. The number of benzene rings is 1. The van der Waals surface area contributed by atoms with Crippen LogP contribution in [0.3, 0.4) is 0 Å². The maximum atomic E-state index is 11.0. The summed E-state index contributed by atoms with van der Waals surface area (Å²) in [5, 5.41) is 30.3. The Morgan fingerprint density at radius 3 is 2.57 bits per heavy atom. The summed E-state index contributed by atoms with van der Waals surface area (Å²) < 4.78 is 1.25. The Balaban J connectivity index is 2.47. The molecule has 0 bridgehead atoms. The maximum Gasteiger partial charge on any atom is 0.309 e. The van der Waals surface area contributed by atoms with Gasteiger partial charge in [-0.1, -0.05) is 0 Å². The number of aromatic nitrogens is 2. The number of carboxylic acids is 1. The molecule has 0 aliphatic carbocycles. The van der Waals surface area contributed by atoms with Gasteiger partial charge in [-0.15, -0.1) is 0 Å². The zero-order valence-electron chi connectivity index (χ0n) is 10.4. The van der Waals surface area contributed by atoms with E-state index in [2.05, 4.69) is 4.98 Å². The second-order valence-electron chi connectivity index (χ2n) is 4.03. The van der Waals surface area contributed by atoms with E-state index in [-0.39, 0.29) is 17.8 Å². The second kappa shape index (κ2) is 5.36. The average molecular weight is 292 g/mol. The van der Waals surface area contributed by atoms with Gasteiger partial charge < -0.3 is 5.11 Å². The van der Waals surface area contributed by atoms with Crippen molar-refractivity contribution in [1.29, 1.82) is 0 Å². The topological polar surface area (TPSA) is 141 Å². The molecule has 1 aromatic heterocycles. The van der Waals surface area contributed by atoms with E-state index in [0.717, 1.165) is 12.1 Å². The highest BCUT2D eigenvalue weighted by Gasteiger charge is 2.21. The van der Waals surface area contributed by atoms with Crippen molar-refractivity contribution in [2.75, 3.05) is 0 Å². The predicted molar refractivity (Wildman–Crippen MR) is 68.2 cm³/mol. The molecule has 0 fully saturated rings. The number of hydrogen-bond acceptors (Lipinski definition) is 6. The highest BCUT2D eigenvalue weighted by molar-refractivity contribution is 5.69. The van der Waals surface area contributed by atoms with Gasteiger partial charge in [0.15, 0.2) is 0 Å². The van der Waals surface area contributed by atoms with Crippen molar-refractivity contribution in [1.82, 2.24) is 9.55 Å². The lowest BCUT2D eigenvalue weighted by molar-refractivity contribution is -0.394. The van der Waals surface area contributed by atoms with Gasteiger partial charge in [-0.25, -0.2) is 4.98 Å². The van der Waals surface area contributed by atoms with Crippen LogP contribution in [0.15, 0.2) is 30.7 Å². The Labute approximate surface area is 116 Å². The first kappa shape index (κ1) is 14.1. The molecule has 2 rings (SSSR count). The molecule has 108 valence electrons. The van der Waals surface area contributed by atoms with Crippen LogP contribution in [-0.2, 0) is 11.2 Å². The first-order valence-electron chi connectivity index (χ1n) is 5.56. The van der Waals surface area contributed by atoms with Gasteiger partial charge in [0.2, 0.25) is 0 Å². The van der Waals surface area contributed by atoms with E-state index in [9.17, 15) is 25.0 Å². The van der Waals surface area contributed by atoms with Crippen molar-refractivity contribution in [2.24, 2.45) is 0 Å². The van der Waals surface area contributed by atoms with Crippen molar-refractivity contribution >= 4 is 17.3 Å². The Bertz CT molecular complexity index is 738. The van der Waals surface area contributed by atoms with Crippen molar-refractivity contribution in [3.8, 4) is 5.69 Å². The Morgan fingerprint density at radius 2 is 2.00 bits per heavy atom. The van der Waals surface area contributed by atoms with Crippen LogP contribution in [0.5, 0.6) is 0 Å². The van der Waals surface area contributed by atoms with Crippen LogP contribution < -0.4 is 0 Å². The fourth-order valence-electron chi connectivity index (χ4n) is 1.73. The summed E-state index contributed by atoms with van der Waals surface area (Å²) in [4.78, 5) is 34.6. The Kier molecular flexibility index (Phi) is 3.61. The number of rotatable bonds is 5. The van der Waals surface area contributed by atoms with Gasteiger partial charge in [0, 0.05) is 12.3 Å². The number of nitro benzene ring substituents is 2. The molecule has 0 saturated carbocycles. The summed E-state index contributed by atoms with van der Waals surface area (Å²) in [6, 6.07) is 3.17. The molecule has 0 amide bonds. The van der Waals surface area contributed by atoms with E-state index in [0.29, 0.717) is 0 Å². The molecule has 10 heteroatoms. The van der Waals surface area contributed by atoms with Crippen LogP contribution in [0.4, 0.5) is 11.4 Å². The molecule has 0 saturated heterocycles. The molecule has 0 spiro atoms. The van der Waals surface area contributed by atoms with Crippen LogP contribution in [0, 0.1) is 20.2 Å². The summed E-state index contributed by atoms with van der Waals surface area (Å²) in [5.74, 6) is -1.08. The molecule has 0 aliphatic heterocycles. The number of carbonyl (C=O) groups is 1. The van der Waals surface area contributed by atoms with Crippen LogP contribution >= 0.6 is 0 Å². The number of aliphatic carboxylic acids is 1. The Morgan fingerprint density at radius 1 is 1.29 bits per heavy atom. The number of nitro groups is 2. The highest BCUT2D eigenvalue weighted by atomic mass is 16.6. The van der Waals surface area contributed by atoms with Crippen molar-refractivity contribution in [2.45, 2.75) is 6.42 Å². The lowest BCUT2D eigenvalue weighted by Crippen LogP contribution is -2.01. The molecule has 1 N–H and O–H groups in total. The zero-order valence-corrected chi connectivity index (χ0v) is 10.4. The number of hydrogen-bond donors (Lipinski definition) is 1. The summed E-state index contributed by atoms with van der Waals surface area (Å²) in [5.41, 5.74) is -0.593. The summed E-state index contributed by atoms with van der Waals surface area (Å²) in [6.07, 6.45) is 2.21. The molecule has 1 heterocycles. The third-order valence-electron chi connectivity index (χ3n) is 2.61. The minimum Gasteiger partial charge on any atom is -0.481 e. The van der Waals surface area contributed by atoms with Gasteiger partial charge in [-0.05, 0) is 6.07 Å².